The second-order valence-corrected chi connectivity index (χ2v) is 9.14. The number of carbonyl (C=O) groups excluding carboxylic acids is 1. The van der Waals surface area contributed by atoms with Crippen molar-refractivity contribution in [3.63, 3.8) is 0 Å². The van der Waals surface area contributed by atoms with Crippen LogP contribution >= 0.6 is 0 Å². The number of nitrogens with zero attached hydrogens (tertiary/aromatic N) is 3. The van der Waals surface area contributed by atoms with Crippen LogP contribution in [-0.4, -0.2) is 60.6 Å². The summed E-state index contributed by atoms with van der Waals surface area (Å²) in [7, 11) is -3.62. The van der Waals surface area contributed by atoms with Crippen LogP contribution in [0.1, 0.15) is 42.3 Å². The zero-order chi connectivity index (χ0) is 21.0. The second-order valence-electron chi connectivity index (χ2n) is 7.20. The van der Waals surface area contributed by atoms with Crippen LogP contribution in [0.4, 0.5) is 0 Å². The average Bonchev–Trinajstić information content (AvgIpc) is 3.09. The molecule has 1 saturated heterocycles. The first-order chi connectivity index (χ1) is 13.8. The molecule has 0 bridgehead atoms. The number of morpholine rings is 1. The summed E-state index contributed by atoms with van der Waals surface area (Å²) in [6.07, 6.45) is 0.923. The molecule has 1 aromatic heterocycles. The highest BCUT2D eigenvalue weighted by atomic mass is 32.2. The van der Waals surface area contributed by atoms with Crippen LogP contribution in [0.5, 0.6) is 0 Å². The molecule has 158 valence electrons. The maximum absolute atomic E-state index is 12.9. The molecule has 1 fully saturated rings. The maximum atomic E-state index is 12.9. The van der Waals surface area contributed by atoms with E-state index >= 15 is 0 Å². The van der Waals surface area contributed by atoms with E-state index in [1.807, 2.05) is 13.8 Å². The molecule has 0 spiro atoms. The van der Waals surface area contributed by atoms with Gasteiger partial charge in [0.15, 0.2) is 5.82 Å². The van der Waals surface area contributed by atoms with E-state index in [9.17, 15) is 13.2 Å². The lowest BCUT2D eigenvalue weighted by molar-refractivity contribution is -0.0440. The van der Waals surface area contributed by atoms with Gasteiger partial charge in [-0.25, -0.2) is 8.42 Å². The van der Waals surface area contributed by atoms with Crippen LogP contribution in [-0.2, 0) is 21.2 Å². The zero-order valence-electron chi connectivity index (χ0n) is 16.8. The number of aryl methyl sites for hydroxylation is 2. The Hall–Kier alpha value is -2.30. The van der Waals surface area contributed by atoms with Crippen molar-refractivity contribution in [1.82, 2.24) is 19.8 Å². The van der Waals surface area contributed by atoms with Crippen molar-refractivity contribution in [3.05, 3.63) is 41.5 Å². The normalized spacial score (nSPS) is 20.5. The van der Waals surface area contributed by atoms with Gasteiger partial charge in [-0.3, -0.25) is 4.79 Å². The molecule has 1 N–H and O–H groups in total. The van der Waals surface area contributed by atoms with E-state index in [0.29, 0.717) is 49.8 Å². The summed E-state index contributed by atoms with van der Waals surface area (Å²) in [6.45, 7) is 6.53. The summed E-state index contributed by atoms with van der Waals surface area (Å²) >= 11 is 0. The molecule has 2 aromatic rings. The highest BCUT2D eigenvalue weighted by Crippen LogP contribution is 2.21. The van der Waals surface area contributed by atoms with E-state index in [-0.39, 0.29) is 23.0 Å². The third-order valence-corrected chi connectivity index (χ3v) is 6.41. The molecule has 1 aliphatic rings. The first kappa shape index (κ1) is 21.4. The van der Waals surface area contributed by atoms with Crippen LogP contribution < -0.4 is 5.32 Å². The van der Waals surface area contributed by atoms with Gasteiger partial charge in [0, 0.05) is 31.6 Å². The van der Waals surface area contributed by atoms with Gasteiger partial charge in [-0.05, 0) is 51.5 Å². The Labute approximate surface area is 170 Å². The second kappa shape index (κ2) is 9.02. The van der Waals surface area contributed by atoms with Crippen LogP contribution in [0, 0.1) is 6.92 Å². The molecule has 2 atom stereocenters. The monoisotopic (exact) mass is 422 g/mol. The Morgan fingerprint density at radius 1 is 1.21 bits per heavy atom. The van der Waals surface area contributed by atoms with Crippen molar-refractivity contribution < 1.29 is 22.5 Å². The molecule has 0 aliphatic carbocycles. The van der Waals surface area contributed by atoms with E-state index in [4.69, 9.17) is 9.26 Å². The minimum Gasteiger partial charge on any atom is -0.373 e. The number of sulfonamides is 1. The Balaban J connectivity index is 1.55. The molecule has 0 radical (unpaired) electrons. The SMILES string of the molecule is Cc1noc(CCCNC(=O)c2ccc(S(=O)(=O)N3CC(C)OC(C)C3)cc2)n1. The van der Waals surface area contributed by atoms with Crippen molar-refractivity contribution in [1.29, 1.82) is 0 Å². The van der Waals surface area contributed by atoms with E-state index in [0.717, 1.165) is 0 Å². The number of rotatable bonds is 7. The van der Waals surface area contributed by atoms with Crippen LogP contribution in [0.25, 0.3) is 0 Å². The number of ether oxygens (including phenoxy) is 1. The Morgan fingerprint density at radius 3 is 2.45 bits per heavy atom. The summed E-state index contributed by atoms with van der Waals surface area (Å²) in [5.41, 5.74) is 0.404. The quantitative estimate of drug-likeness (QED) is 0.673. The number of amides is 1. The molecule has 1 amide bonds. The Bertz CT molecular complexity index is 932. The van der Waals surface area contributed by atoms with Crippen molar-refractivity contribution in [2.45, 2.75) is 50.7 Å². The number of hydrogen-bond donors (Lipinski definition) is 1. The van der Waals surface area contributed by atoms with Gasteiger partial charge >= 0.3 is 0 Å². The van der Waals surface area contributed by atoms with Gasteiger partial charge in [0.25, 0.3) is 5.91 Å². The number of carbonyl (C=O) groups is 1. The summed E-state index contributed by atoms with van der Waals surface area (Å²) < 4.78 is 37.8. The molecule has 1 aliphatic heterocycles. The molecule has 1 aromatic carbocycles. The molecule has 0 saturated carbocycles. The van der Waals surface area contributed by atoms with Crippen LogP contribution in [0.15, 0.2) is 33.7 Å². The first-order valence-corrected chi connectivity index (χ1v) is 11.0. The maximum Gasteiger partial charge on any atom is 0.251 e. The number of nitrogens with one attached hydrogen (secondary N) is 1. The van der Waals surface area contributed by atoms with E-state index in [1.54, 1.807) is 6.92 Å². The van der Waals surface area contributed by atoms with Gasteiger partial charge in [-0.1, -0.05) is 5.16 Å². The minimum atomic E-state index is -3.62. The van der Waals surface area contributed by atoms with E-state index in [1.165, 1.54) is 28.6 Å². The van der Waals surface area contributed by atoms with Crippen LogP contribution in [0.3, 0.4) is 0 Å². The first-order valence-electron chi connectivity index (χ1n) is 9.59. The molecule has 10 heteroatoms. The predicted molar refractivity (Wildman–Crippen MR) is 105 cm³/mol. The lowest BCUT2D eigenvalue weighted by Gasteiger charge is -2.34. The summed E-state index contributed by atoms with van der Waals surface area (Å²) in [4.78, 5) is 16.5. The number of aromatic nitrogens is 2. The predicted octanol–water partition coefficient (Wildman–Crippen LogP) is 1.54. The molecule has 2 unspecified atom stereocenters. The third-order valence-electron chi connectivity index (χ3n) is 4.56. The lowest BCUT2D eigenvalue weighted by Crippen LogP contribution is -2.48. The van der Waals surface area contributed by atoms with E-state index in [2.05, 4.69) is 15.5 Å². The largest absolute Gasteiger partial charge is 0.373 e. The van der Waals surface area contributed by atoms with Gasteiger partial charge in [0.1, 0.15) is 0 Å². The van der Waals surface area contributed by atoms with Crippen molar-refractivity contribution >= 4 is 15.9 Å². The summed E-state index contributed by atoms with van der Waals surface area (Å²) in [5, 5.41) is 6.52. The minimum absolute atomic E-state index is 0.158. The van der Waals surface area contributed by atoms with Crippen molar-refractivity contribution in [3.8, 4) is 0 Å². The zero-order valence-corrected chi connectivity index (χ0v) is 17.6. The molecule has 29 heavy (non-hydrogen) atoms. The number of hydrogen-bond acceptors (Lipinski definition) is 7. The summed E-state index contributed by atoms with van der Waals surface area (Å²) in [5.74, 6) is 0.863. The Kier molecular flexibility index (Phi) is 6.66. The van der Waals surface area contributed by atoms with Crippen molar-refractivity contribution in [2.75, 3.05) is 19.6 Å². The fourth-order valence-electron chi connectivity index (χ4n) is 3.24. The van der Waals surface area contributed by atoms with Gasteiger partial charge < -0.3 is 14.6 Å². The van der Waals surface area contributed by atoms with E-state index < -0.39 is 10.0 Å². The molecular weight excluding hydrogens is 396 g/mol. The highest BCUT2D eigenvalue weighted by molar-refractivity contribution is 7.89. The summed E-state index contributed by atoms with van der Waals surface area (Å²) in [6, 6.07) is 5.99. The molecular formula is C19H26N4O5S. The third kappa shape index (κ3) is 5.40. The average molecular weight is 423 g/mol. The topological polar surface area (TPSA) is 115 Å². The molecule has 2 heterocycles. The highest BCUT2D eigenvalue weighted by Gasteiger charge is 2.32. The lowest BCUT2D eigenvalue weighted by atomic mass is 10.2. The standard InChI is InChI=1S/C19H26N4O5S/c1-13-11-23(12-14(2)27-13)29(25,26)17-8-6-16(7-9-17)19(24)20-10-4-5-18-21-15(3)22-28-18/h6-9,13-14H,4-5,10-12H2,1-3H3,(H,20,24). The fourth-order valence-corrected chi connectivity index (χ4v) is 4.83. The molecule has 9 nitrogen and oxygen atoms in total. The van der Waals surface area contributed by atoms with Gasteiger partial charge in [0.05, 0.1) is 17.1 Å². The number of benzene rings is 1. The fraction of sp³-hybridized carbons (Fsp3) is 0.526. The van der Waals surface area contributed by atoms with Gasteiger partial charge in [-0.2, -0.15) is 9.29 Å². The van der Waals surface area contributed by atoms with Gasteiger partial charge in [-0.15, -0.1) is 0 Å². The Morgan fingerprint density at radius 2 is 1.86 bits per heavy atom. The molecule has 3 rings (SSSR count). The smallest absolute Gasteiger partial charge is 0.251 e. The van der Waals surface area contributed by atoms with Crippen LogP contribution in [0.2, 0.25) is 0 Å². The van der Waals surface area contributed by atoms with Crippen molar-refractivity contribution in [2.24, 2.45) is 0 Å². The van der Waals surface area contributed by atoms with Gasteiger partial charge in [0.2, 0.25) is 15.9 Å².